The highest BCUT2D eigenvalue weighted by molar-refractivity contribution is 7.99. The largest absolute Gasteiger partial charge is 0.497 e. The summed E-state index contributed by atoms with van der Waals surface area (Å²) in [5.74, 6) is 2.62. The maximum atomic E-state index is 12.3. The van der Waals surface area contributed by atoms with Gasteiger partial charge in [-0.15, -0.1) is 10.2 Å². The lowest BCUT2D eigenvalue weighted by molar-refractivity contribution is -0.131. The topological polar surface area (TPSA) is 75.5 Å². The number of aryl methyl sites for hydroxylation is 2. The molecule has 3 aromatic rings. The van der Waals surface area contributed by atoms with Gasteiger partial charge in [0.15, 0.2) is 11.0 Å². The molecule has 0 fully saturated rings. The number of rotatable bonds is 9. The molecule has 0 aliphatic heterocycles. The Morgan fingerprint density at radius 2 is 1.70 bits per heavy atom. The summed E-state index contributed by atoms with van der Waals surface area (Å²) < 4.78 is 18.4. The number of ether oxygens (including phenoxy) is 3. The maximum absolute atomic E-state index is 12.3. The van der Waals surface area contributed by atoms with E-state index in [1.54, 1.807) is 7.11 Å². The van der Waals surface area contributed by atoms with Gasteiger partial charge in [-0.05, 0) is 56.2 Å². The highest BCUT2D eigenvalue weighted by Crippen LogP contribution is 2.24. The summed E-state index contributed by atoms with van der Waals surface area (Å²) in [4.78, 5) is 12.3. The van der Waals surface area contributed by atoms with Gasteiger partial charge in [-0.25, -0.2) is 0 Å². The fraction of sp³-hybridized carbons (Fsp3) is 0.318. The molecule has 2 aromatic carbocycles. The van der Waals surface area contributed by atoms with Crippen LogP contribution in [0.3, 0.4) is 0 Å². The first-order chi connectivity index (χ1) is 14.5. The smallest absolute Gasteiger partial charge is 0.321 e. The number of carbonyl (C=O) groups excluding carboxylic acids is 1. The van der Waals surface area contributed by atoms with E-state index in [-0.39, 0.29) is 18.3 Å². The number of nitrogens with zero attached hydrogens (tertiary/aromatic N) is 3. The van der Waals surface area contributed by atoms with Gasteiger partial charge < -0.3 is 18.8 Å². The van der Waals surface area contributed by atoms with E-state index in [1.807, 2.05) is 67.8 Å². The third kappa shape index (κ3) is 5.33. The molecule has 0 aliphatic carbocycles. The lowest BCUT2D eigenvalue weighted by atomic mass is 10.1. The molecule has 0 saturated carbocycles. The van der Waals surface area contributed by atoms with Crippen molar-refractivity contribution in [3.8, 4) is 17.2 Å². The van der Waals surface area contributed by atoms with Crippen molar-refractivity contribution in [3.05, 3.63) is 59.4 Å². The van der Waals surface area contributed by atoms with Crippen molar-refractivity contribution in [3.63, 3.8) is 0 Å². The average molecular weight is 428 g/mol. The Kier molecular flexibility index (Phi) is 7.35. The van der Waals surface area contributed by atoms with Crippen molar-refractivity contribution in [2.45, 2.75) is 39.1 Å². The minimum atomic E-state index is -0.320. The molecule has 30 heavy (non-hydrogen) atoms. The van der Waals surface area contributed by atoms with Crippen LogP contribution in [-0.4, -0.2) is 33.6 Å². The molecule has 0 atom stereocenters. The molecule has 0 aliphatic rings. The Labute approximate surface area is 180 Å². The van der Waals surface area contributed by atoms with Crippen LogP contribution in [0.2, 0.25) is 0 Å². The molecule has 0 unspecified atom stereocenters. The second kappa shape index (κ2) is 10.2. The summed E-state index contributed by atoms with van der Waals surface area (Å²) in [5, 5.41) is 9.08. The lowest BCUT2D eigenvalue weighted by Crippen LogP contribution is -2.13. The van der Waals surface area contributed by atoms with Crippen molar-refractivity contribution in [1.29, 1.82) is 0 Å². The zero-order valence-electron chi connectivity index (χ0n) is 17.5. The molecule has 8 heteroatoms. The van der Waals surface area contributed by atoms with Crippen molar-refractivity contribution < 1.29 is 19.0 Å². The number of benzene rings is 2. The van der Waals surface area contributed by atoms with Crippen molar-refractivity contribution in [1.82, 2.24) is 14.8 Å². The van der Waals surface area contributed by atoms with Crippen LogP contribution >= 0.6 is 11.8 Å². The predicted molar refractivity (Wildman–Crippen MR) is 115 cm³/mol. The minimum Gasteiger partial charge on any atom is -0.497 e. The molecular formula is C22H25N3O4S. The second-order valence-electron chi connectivity index (χ2n) is 6.59. The monoisotopic (exact) mass is 427 g/mol. The Morgan fingerprint density at radius 1 is 1.03 bits per heavy atom. The van der Waals surface area contributed by atoms with Crippen LogP contribution in [0.1, 0.15) is 23.9 Å². The number of hydrogen-bond acceptors (Lipinski definition) is 7. The molecule has 1 heterocycles. The van der Waals surface area contributed by atoms with Crippen LogP contribution < -0.4 is 14.2 Å². The summed E-state index contributed by atoms with van der Waals surface area (Å²) in [6, 6.07) is 13.1. The van der Waals surface area contributed by atoms with Gasteiger partial charge in [0, 0.05) is 6.54 Å². The number of esters is 1. The molecule has 0 amide bonds. The van der Waals surface area contributed by atoms with Gasteiger partial charge in [-0.1, -0.05) is 30.0 Å². The third-order valence-corrected chi connectivity index (χ3v) is 5.42. The summed E-state index contributed by atoms with van der Waals surface area (Å²) in [7, 11) is 1.62. The summed E-state index contributed by atoms with van der Waals surface area (Å²) in [6.45, 7) is 6.79. The van der Waals surface area contributed by atoms with Crippen molar-refractivity contribution in [2.24, 2.45) is 0 Å². The molecular weight excluding hydrogens is 402 g/mol. The van der Waals surface area contributed by atoms with Crippen molar-refractivity contribution in [2.75, 3.05) is 12.9 Å². The average Bonchev–Trinajstić information content (AvgIpc) is 3.15. The molecule has 0 saturated heterocycles. The zero-order chi connectivity index (χ0) is 21.5. The molecule has 3 rings (SSSR count). The number of methoxy groups -OCH3 is 1. The van der Waals surface area contributed by atoms with Gasteiger partial charge in [-0.3, -0.25) is 4.79 Å². The number of hydrogen-bond donors (Lipinski definition) is 0. The SMILES string of the molecule is CCn1c(COc2ccc(OC)cc2)nnc1SCC(=O)Oc1c(C)cccc1C. The van der Waals surface area contributed by atoms with Crippen LogP contribution in [0.15, 0.2) is 47.6 Å². The van der Waals surface area contributed by atoms with Gasteiger partial charge in [0.25, 0.3) is 0 Å². The quantitative estimate of drug-likeness (QED) is 0.288. The molecule has 158 valence electrons. The lowest BCUT2D eigenvalue weighted by Gasteiger charge is -2.11. The van der Waals surface area contributed by atoms with Crippen LogP contribution in [0.25, 0.3) is 0 Å². The highest BCUT2D eigenvalue weighted by atomic mass is 32.2. The standard InChI is InChI=1S/C22H25N3O4S/c1-5-25-19(13-28-18-11-9-17(27-4)10-12-18)23-24-22(25)30-14-20(26)29-21-15(2)7-6-8-16(21)3/h6-12H,5,13-14H2,1-4H3. The first kappa shape index (κ1) is 21.7. The molecule has 0 bridgehead atoms. The fourth-order valence-corrected chi connectivity index (χ4v) is 3.69. The molecule has 7 nitrogen and oxygen atoms in total. The Hall–Kier alpha value is -3.00. The van der Waals surface area contributed by atoms with E-state index in [9.17, 15) is 4.79 Å². The van der Waals surface area contributed by atoms with Crippen LogP contribution in [0.5, 0.6) is 17.2 Å². The summed E-state index contributed by atoms with van der Waals surface area (Å²) >= 11 is 1.30. The van der Waals surface area contributed by atoms with Gasteiger partial charge in [-0.2, -0.15) is 0 Å². The zero-order valence-corrected chi connectivity index (χ0v) is 18.4. The number of aromatic nitrogens is 3. The normalized spacial score (nSPS) is 10.7. The van der Waals surface area contributed by atoms with Gasteiger partial charge in [0.05, 0.1) is 12.9 Å². The van der Waals surface area contributed by atoms with E-state index in [2.05, 4.69) is 10.2 Å². The van der Waals surface area contributed by atoms with Crippen LogP contribution in [-0.2, 0) is 17.9 Å². The Bertz CT molecular complexity index is 982. The fourth-order valence-electron chi connectivity index (χ4n) is 2.90. The number of para-hydroxylation sites is 1. The van der Waals surface area contributed by atoms with E-state index in [1.165, 1.54) is 11.8 Å². The van der Waals surface area contributed by atoms with E-state index in [0.717, 1.165) is 16.9 Å². The van der Waals surface area contributed by atoms with Gasteiger partial charge >= 0.3 is 5.97 Å². The predicted octanol–water partition coefficient (Wildman–Crippen LogP) is 4.20. The molecule has 0 N–H and O–H groups in total. The molecule has 1 aromatic heterocycles. The first-order valence-corrected chi connectivity index (χ1v) is 10.6. The Morgan fingerprint density at radius 3 is 2.33 bits per heavy atom. The molecule has 0 radical (unpaired) electrons. The summed E-state index contributed by atoms with van der Waals surface area (Å²) in [6.07, 6.45) is 0. The van der Waals surface area contributed by atoms with E-state index < -0.39 is 0 Å². The maximum Gasteiger partial charge on any atom is 0.321 e. The first-order valence-electron chi connectivity index (χ1n) is 9.60. The van der Waals surface area contributed by atoms with Crippen LogP contribution in [0.4, 0.5) is 0 Å². The van der Waals surface area contributed by atoms with E-state index in [0.29, 0.717) is 29.0 Å². The third-order valence-electron chi connectivity index (χ3n) is 4.48. The van der Waals surface area contributed by atoms with Crippen molar-refractivity contribution >= 4 is 17.7 Å². The van der Waals surface area contributed by atoms with E-state index >= 15 is 0 Å². The number of thioether (sulfide) groups is 1. The highest BCUT2D eigenvalue weighted by Gasteiger charge is 2.16. The summed E-state index contributed by atoms with van der Waals surface area (Å²) in [5.41, 5.74) is 1.87. The van der Waals surface area contributed by atoms with Crippen LogP contribution in [0, 0.1) is 13.8 Å². The number of carbonyl (C=O) groups is 1. The second-order valence-corrected chi connectivity index (χ2v) is 7.53. The molecule has 0 spiro atoms. The minimum absolute atomic E-state index is 0.144. The van der Waals surface area contributed by atoms with Gasteiger partial charge in [0.1, 0.15) is 23.9 Å². The van der Waals surface area contributed by atoms with Gasteiger partial charge in [0.2, 0.25) is 0 Å². The Balaban J connectivity index is 1.58. The van der Waals surface area contributed by atoms with E-state index in [4.69, 9.17) is 14.2 Å².